The number of hydrogen-bond donors (Lipinski definition) is 0. The molecule has 2 heterocycles. The van der Waals surface area contributed by atoms with Crippen LogP contribution in [0.3, 0.4) is 0 Å². The molecule has 0 bridgehead atoms. The summed E-state index contributed by atoms with van der Waals surface area (Å²) in [4.78, 5) is 37.8. The molecule has 0 saturated carbocycles. The molecule has 0 radical (unpaired) electrons. The molecular weight excluding hydrogens is 381 g/mol. The first-order valence-electron chi connectivity index (χ1n) is 8.54. The zero-order valence-electron chi connectivity index (χ0n) is 14.7. The standard InChI is InChI=1S/C18H17F3N2O5/c19-18(20,21)17(26)23-7-5-22(6-8-23)9-10-27-15(24)13-11-12-3-1-2-4-14(12)28-16(13)25/h1-4,11H,5-10H2. The Morgan fingerprint density at radius 2 is 1.79 bits per heavy atom. The molecule has 1 saturated heterocycles. The number of benzene rings is 1. The third kappa shape index (κ3) is 4.50. The average molecular weight is 398 g/mol. The Labute approximate surface area is 157 Å². The molecule has 2 aromatic rings. The van der Waals surface area contributed by atoms with Crippen LogP contribution >= 0.6 is 0 Å². The van der Waals surface area contributed by atoms with Gasteiger partial charge in [0.15, 0.2) is 0 Å². The van der Waals surface area contributed by atoms with Gasteiger partial charge in [0, 0.05) is 38.1 Å². The van der Waals surface area contributed by atoms with Crippen LogP contribution in [0.5, 0.6) is 0 Å². The summed E-state index contributed by atoms with van der Waals surface area (Å²) in [6.45, 7) is 0.590. The Morgan fingerprint density at radius 3 is 2.46 bits per heavy atom. The van der Waals surface area contributed by atoms with Gasteiger partial charge in [-0.3, -0.25) is 9.69 Å². The molecule has 1 aromatic heterocycles. The molecule has 1 aliphatic rings. The van der Waals surface area contributed by atoms with E-state index in [-0.39, 0.29) is 44.9 Å². The van der Waals surface area contributed by atoms with E-state index in [1.54, 1.807) is 29.2 Å². The van der Waals surface area contributed by atoms with Crippen molar-refractivity contribution in [2.45, 2.75) is 6.18 Å². The number of alkyl halides is 3. The monoisotopic (exact) mass is 398 g/mol. The van der Waals surface area contributed by atoms with Crippen molar-refractivity contribution in [2.24, 2.45) is 0 Å². The largest absolute Gasteiger partial charge is 0.471 e. The van der Waals surface area contributed by atoms with E-state index >= 15 is 0 Å². The van der Waals surface area contributed by atoms with Gasteiger partial charge in [0.25, 0.3) is 0 Å². The van der Waals surface area contributed by atoms with E-state index in [9.17, 15) is 27.6 Å². The van der Waals surface area contributed by atoms with Crippen LogP contribution in [0.1, 0.15) is 10.4 Å². The number of hydrogen-bond acceptors (Lipinski definition) is 6. The summed E-state index contributed by atoms with van der Waals surface area (Å²) in [6.07, 6.45) is -4.88. The van der Waals surface area contributed by atoms with Crippen LogP contribution in [-0.4, -0.2) is 67.2 Å². The first-order chi connectivity index (χ1) is 13.3. The molecule has 10 heteroatoms. The molecule has 150 valence electrons. The summed E-state index contributed by atoms with van der Waals surface area (Å²) in [5.41, 5.74) is -0.669. The second-order valence-corrected chi connectivity index (χ2v) is 6.25. The minimum Gasteiger partial charge on any atom is -0.461 e. The van der Waals surface area contributed by atoms with Gasteiger partial charge in [-0.25, -0.2) is 9.59 Å². The lowest BCUT2D eigenvalue weighted by molar-refractivity contribution is -0.187. The van der Waals surface area contributed by atoms with Gasteiger partial charge >= 0.3 is 23.7 Å². The summed E-state index contributed by atoms with van der Waals surface area (Å²) in [6, 6.07) is 8.13. The molecule has 28 heavy (non-hydrogen) atoms. The zero-order chi connectivity index (χ0) is 20.3. The van der Waals surface area contributed by atoms with Gasteiger partial charge in [-0.2, -0.15) is 13.2 Å². The van der Waals surface area contributed by atoms with Gasteiger partial charge in [-0.15, -0.1) is 0 Å². The van der Waals surface area contributed by atoms with Crippen LogP contribution in [0.25, 0.3) is 11.0 Å². The highest BCUT2D eigenvalue weighted by molar-refractivity contribution is 5.92. The molecule has 7 nitrogen and oxygen atoms in total. The van der Waals surface area contributed by atoms with E-state index in [1.165, 1.54) is 6.07 Å². The number of amides is 1. The van der Waals surface area contributed by atoms with Crippen molar-refractivity contribution in [2.75, 3.05) is 39.3 Å². The quantitative estimate of drug-likeness (QED) is 0.576. The Kier molecular flexibility index (Phi) is 5.68. The van der Waals surface area contributed by atoms with Gasteiger partial charge in [0.1, 0.15) is 17.8 Å². The van der Waals surface area contributed by atoms with E-state index in [2.05, 4.69) is 0 Å². The minimum absolute atomic E-state index is 0.0433. The summed E-state index contributed by atoms with van der Waals surface area (Å²) >= 11 is 0. The summed E-state index contributed by atoms with van der Waals surface area (Å²) < 4.78 is 47.4. The molecule has 0 N–H and O–H groups in total. The average Bonchev–Trinajstić information content (AvgIpc) is 2.66. The molecule has 1 amide bonds. The van der Waals surface area contributed by atoms with Crippen molar-refractivity contribution >= 4 is 22.8 Å². The topological polar surface area (TPSA) is 80.1 Å². The number of carbonyl (C=O) groups is 2. The van der Waals surface area contributed by atoms with Crippen LogP contribution in [0.15, 0.2) is 39.5 Å². The highest BCUT2D eigenvalue weighted by atomic mass is 19.4. The molecule has 1 aliphatic heterocycles. The van der Waals surface area contributed by atoms with E-state index in [0.29, 0.717) is 11.0 Å². The number of fused-ring (bicyclic) bond motifs is 1. The maximum atomic E-state index is 12.4. The minimum atomic E-state index is -4.88. The van der Waals surface area contributed by atoms with Crippen molar-refractivity contribution < 1.29 is 31.9 Å². The van der Waals surface area contributed by atoms with Gasteiger partial charge in [-0.1, -0.05) is 18.2 Å². The highest BCUT2D eigenvalue weighted by Gasteiger charge is 2.43. The fourth-order valence-corrected chi connectivity index (χ4v) is 2.90. The Hall–Kier alpha value is -2.88. The number of esters is 1. The number of ether oxygens (including phenoxy) is 1. The van der Waals surface area contributed by atoms with Gasteiger partial charge in [-0.05, 0) is 12.1 Å². The number of rotatable bonds is 4. The SMILES string of the molecule is O=C(OCCN1CCN(C(=O)C(F)(F)F)CC1)c1cc2ccccc2oc1=O. The van der Waals surface area contributed by atoms with Crippen LogP contribution in [-0.2, 0) is 9.53 Å². The molecule has 0 unspecified atom stereocenters. The van der Waals surface area contributed by atoms with Crippen molar-refractivity contribution in [1.82, 2.24) is 9.80 Å². The smallest absolute Gasteiger partial charge is 0.461 e. The zero-order valence-corrected chi connectivity index (χ0v) is 14.7. The highest BCUT2D eigenvalue weighted by Crippen LogP contribution is 2.19. The number of carbonyl (C=O) groups excluding carboxylic acids is 2. The number of para-hydroxylation sites is 1. The summed E-state index contributed by atoms with van der Waals surface area (Å²) in [5.74, 6) is -2.67. The van der Waals surface area contributed by atoms with E-state index in [4.69, 9.17) is 9.15 Å². The van der Waals surface area contributed by atoms with Crippen LogP contribution in [0.2, 0.25) is 0 Å². The summed E-state index contributed by atoms with van der Waals surface area (Å²) in [5, 5.41) is 0.583. The maximum Gasteiger partial charge on any atom is 0.471 e. The lowest BCUT2D eigenvalue weighted by Gasteiger charge is -2.34. The van der Waals surface area contributed by atoms with Gasteiger partial charge in [0.2, 0.25) is 0 Å². The molecule has 3 rings (SSSR count). The second-order valence-electron chi connectivity index (χ2n) is 6.25. The first kappa shape index (κ1) is 19.9. The van der Waals surface area contributed by atoms with Gasteiger partial charge < -0.3 is 14.1 Å². The van der Waals surface area contributed by atoms with Crippen molar-refractivity contribution in [3.63, 3.8) is 0 Å². The van der Waals surface area contributed by atoms with Crippen LogP contribution < -0.4 is 5.63 Å². The Morgan fingerprint density at radius 1 is 1.11 bits per heavy atom. The number of piperazine rings is 1. The number of nitrogens with zero attached hydrogens (tertiary/aromatic N) is 2. The van der Waals surface area contributed by atoms with Gasteiger partial charge in [0.05, 0.1) is 0 Å². The lowest BCUT2D eigenvalue weighted by Crippen LogP contribution is -2.52. The fraction of sp³-hybridized carbons (Fsp3) is 0.389. The van der Waals surface area contributed by atoms with Crippen molar-refractivity contribution in [3.8, 4) is 0 Å². The Balaban J connectivity index is 1.50. The number of halogens is 3. The van der Waals surface area contributed by atoms with E-state index in [0.717, 1.165) is 4.90 Å². The maximum absolute atomic E-state index is 12.4. The Bertz CT molecular complexity index is 933. The molecule has 1 aromatic carbocycles. The van der Waals surface area contributed by atoms with Crippen LogP contribution in [0, 0.1) is 0 Å². The molecule has 0 spiro atoms. The lowest BCUT2D eigenvalue weighted by atomic mass is 10.2. The molecule has 0 aliphatic carbocycles. The molecular formula is C18H17F3N2O5. The normalized spacial score (nSPS) is 15.6. The first-order valence-corrected chi connectivity index (χ1v) is 8.54. The fourth-order valence-electron chi connectivity index (χ4n) is 2.90. The second kappa shape index (κ2) is 8.01. The van der Waals surface area contributed by atoms with Crippen molar-refractivity contribution in [1.29, 1.82) is 0 Å². The predicted molar refractivity (Wildman–Crippen MR) is 91.8 cm³/mol. The van der Waals surface area contributed by atoms with E-state index in [1.807, 2.05) is 0 Å². The van der Waals surface area contributed by atoms with E-state index < -0.39 is 23.7 Å². The van der Waals surface area contributed by atoms with Crippen LogP contribution in [0.4, 0.5) is 13.2 Å². The third-order valence-electron chi connectivity index (χ3n) is 4.40. The predicted octanol–water partition coefficient (Wildman–Crippen LogP) is 1.66. The molecule has 0 atom stereocenters. The third-order valence-corrected chi connectivity index (χ3v) is 4.40. The summed E-state index contributed by atoms with van der Waals surface area (Å²) in [7, 11) is 0. The van der Waals surface area contributed by atoms with Crippen molar-refractivity contribution in [3.05, 3.63) is 46.3 Å². The molecule has 1 fully saturated rings.